The first-order valence-electron chi connectivity index (χ1n) is 9.64. The number of nitrogens with zero attached hydrogens (tertiary/aromatic N) is 3. The Morgan fingerprint density at radius 3 is 2.47 bits per heavy atom. The maximum Gasteiger partial charge on any atom is 0.280 e. The number of benzene rings is 1. The van der Waals surface area contributed by atoms with Gasteiger partial charge in [-0.3, -0.25) is 9.59 Å². The lowest BCUT2D eigenvalue weighted by atomic mass is 10.1. The molecule has 10 heteroatoms. The second-order valence-electron chi connectivity index (χ2n) is 7.26. The molecule has 0 aliphatic carbocycles. The fourth-order valence-corrected chi connectivity index (χ4v) is 4.75. The van der Waals surface area contributed by atoms with Crippen LogP contribution in [-0.2, 0) is 0 Å². The van der Waals surface area contributed by atoms with E-state index in [9.17, 15) is 18.4 Å². The van der Waals surface area contributed by atoms with Crippen LogP contribution in [0.1, 0.15) is 49.1 Å². The number of fused-ring (bicyclic) bond motifs is 1. The summed E-state index contributed by atoms with van der Waals surface area (Å²) in [5.74, 6) is -1.27. The van der Waals surface area contributed by atoms with Crippen LogP contribution in [0.2, 0.25) is 0 Å². The number of pyridine rings is 1. The molecule has 3 heterocycles. The molecule has 7 nitrogen and oxygen atoms in total. The molecule has 0 radical (unpaired) electrons. The zero-order valence-corrected chi connectivity index (χ0v) is 18.3. The van der Waals surface area contributed by atoms with Crippen LogP contribution in [0.5, 0.6) is 0 Å². The van der Waals surface area contributed by atoms with Crippen molar-refractivity contribution < 1.29 is 18.4 Å². The van der Waals surface area contributed by atoms with Crippen LogP contribution in [0.25, 0.3) is 15.9 Å². The van der Waals surface area contributed by atoms with Crippen LogP contribution in [0.15, 0.2) is 36.4 Å². The predicted molar refractivity (Wildman–Crippen MR) is 119 cm³/mol. The third kappa shape index (κ3) is 3.62. The van der Waals surface area contributed by atoms with E-state index in [4.69, 9.17) is 5.73 Å². The zero-order chi connectivity index (χ0) is 23.2. The van der Waals surface area contributed by atoms with Crippen molar-refractivity contribution in [3.8, 4) is 5.69 Å². The number of rotatable bonds is 5. The molecule has 0 unspecified atom stereocenters. The molecule has 3 N–H and O–H groups in total. The van der Waals surface area contributed by atoms with Gasteiger partial charge in [0.15, 0.2) is 0 Å². The number of primary amides is 1. The third-order valence-electron chi connectivity index (χ3n) is 5.08. The molecule has 0 fully saturated rings. The average molecular weight is 455 g/mol. The molecule has 0 aliphatic rings. The van der Waals surface area contributed by atoms with Crippen molar-refractivity contribution in [3.63, 3.8) is 0 Å². The van der Waals surface area contributed by atoms with Crippen molar-refractivity contribution in [2.24, 2.45) is 5.73 Å². The van der Waals surface area contributed by atoms with Crippen LogP contribution in [-0.4, -0.2) is 26.6 Å². The highest BCUT2D eigenvalue weighted by atomic mass is 32.1. The first kappa shape index (κ1) is 21.6. The largest absolute Gasteiger partial charge is 0.365 e. The Kier molecular flexibility index (Phi) is 5.47. The van der Waals surface area contributed by atoms with E-state index in [0.29, 0.717) is 27.9 Å². The molecule has 2 amide bonds. The molecule has 164 valence electrons. The molecule has 32 heavy (non-hydrogen) atoms. The Bertz CT molecular complexity index is 1360. The Balaban J connectivity index is 1.80. The van der Waals surface area contributed by atoms with Gasteiger partial charge in [-0.2, -0.15) is 5.10 Å². The summed E-state index contributed by atoms with van der Waals surface area (Å²) in [6, 6.07) is 10.6. The van der Waals surface area contributed by atoms with Crippen LogP contribution in [0, 0.1) is 20.8 Å². The lowest BCUT2D eigenvalue weighted by Crippen LogP contribution is -2.18. The molecule has 0 aliphatic heterocycles. The first-order chi connectivity index (χ1) is 15.2. The number of amides is 2. The highest BCUT2D eigenvalue weighted by Crippen LogP contribution is 2.38. The van der Waals surface area contributed by atoms with E-state index in [2.05, 4.69) is 15.4 Å². The normalized spacial score (nSPS) is 11.3. The minimum absolute atomic E-state index is 0.0427. The topological polar surface area (TPSA) is 103 Å². The molecule has 0 atom stereocenters. The number of aromatic nitrogens is 3. The van der Waals surface area contributed by atoms with Gasteiger partial charge in [0.05, 0.1) is 28.3 Å². The lowest BCUT2D eigenvalue weighted by Gasteiger charge is -2.09. The highest BCUT2D eigenvalue weighted by Gasteiger charge is 2.26. The smallest absolute Gasteiger partial charge is 0.280 e. The Morgan fingerprint density at radius 1 is 1.16 bits per heavy atom. The van der Waals surface area contributed by atoms with E-state index in [1.165, 1.54) is 6.07 Å². The molecule has 4 rings (SSSR count). The van der Waals surface area contributed by atoms with Gasteiger partial charge in [-0.1, -0.05) is 18.2 Å². The fraction of sp³-hybridized carbons (Fsp3) is 0.182. The van der Waals surface area contributed by atoms with Crippen molar-refractivity contribution >= 4 is 39.1 Å². The van der Waals surface area contributed by atoms with Gasteiger partial charge < -0.3 is 11.1 Å². The molecule has 0 bridgehead atoms. The summed E-state index contributed by atoms with van der Waals surface area (Å²) >= 11 is 0.871. The predicted octanol–water partition coefficient (Wildman–Crippen LogP) is 4.70. The first-order valence-corrected chi connectivity index (χ1v) is 10.5. The number of thiophene rings is 1. The SMILES string of the molecule is Cc1nn(-c2ccccc2)c(C)c1C(=O)Nc1c(C(N)=O)sc2nc(C(F)F)cc(C)c12. The van der Waals surface area contributed by atoms with Gasteiger partial charge in [0.2, 0.25) is 0 Å². The van der Waals surface area contributed by atoms with Crippen molar-refractivity contribution in [3.05, 3.63) is 69.5 Å². The summed E-state index contributed by atoms with van der Waals surface area (Å²) in [7, 11) is 0. The molecule has 0 saturated heterocycles. The number of halogens is 2. The fourth-order valence-electron chi connectivity index (χ4n) is 3.68. The summed E-state index contributed by atoms with van der Waals surface area (Å²) in [6.07, 6.45) is -2.76. The number of para-hydroxylation sites is 1. The number of anilines is 1. The number of carbonyl (C=O) groups is 2. The molecular weight excluding hydrogens is 436 g/mol. The van der Waals surface area contributed by atoms with E-state index in [1.807, 2.05) is 30.3 Å². The van der Waals surface area contributed by atoms with Crippen molar-refractivity contribution in [1.29, 1.82) is 0 Å². The molecule has 4 aromatic rings. The number of hydrogen-bond donors (Lipinski definition) is 2. The van der Waals surface area contributed by atoms with Crippen molar-refractivity contribution in [1.82, 2.24) is 14.8 Å². The minimum atomic E-state index is -2.76. The summed E-state index contributed by atoms with van der Waals surface area (Å²) in [4.78, 5) is 29.5. The van der Waals surface area contributed by atoms with E-state index in [-0.39, 0.29) is 15.4 Å². The van der Waals surface area contributed by atoms with E-state index in [0.717, 1.165) is 17.0 Å². The minimum Gasteiger partial charge on any atom is -0.365 e. The van der Waals surface area contributed by atoms with Gasteiger partial charge in [0.25, 0.3) is 18.2 Å². The summed E-state index contributed by atoms with van der Waals surface area (Å²) in [5.41, 5.74) is 7.98. The summed E-state index contributed by atoms with van der Waals surface area (Å²) < 4.78 is 28.0. The Labute approximate surface area is 185 Å². The van der Waals surface area contributed by atoms with Crippen LogP contribution in [0.4, 0.5) is 14.5 Å². The summed E-state index contributed by atoms with van der Waals surface area (Å²) in [6.45, 7) is 5.10. The number of nitrogens with two attached hydrogens (primary N) is 1. The lowest BCUT2D eigenvalue weighted by molar-refractivity contribution is 0.100. The maximum atomic E-state index is 13.3. The van der Waals surface area contributed by atoms with Gasteiger partial charge in [0.1, 0.15) is 15.4 Å². The third-order valence-corrected chi connectivity index (χ3v) is 6.18. The van der Waals surface area contributed by atoms with Gasteiger partial charge >= 0.3 is 0 Å². The standard InChI is InChI=1S/C22H19F2N5O2S/c1-10-9-14(19(23)24)26-22-15(10)17(18(32-22)20(25)30)27-21(31)16-11(2)28-29(12(16)3)13-7-5-4-6-8-13/h4-9,19H,1-3H3,(H2,25,30)(H,27,31). The van der Waals surface area contributed by atoms with Crippen LogP contribution >= 0.6 is 11.3 Å². The Hall–Kier alpha value is -3.66. The quantitative estimate of drug-likeness (QED) is 0.455. The number of nitrogens with one attached hydrogen (secondary N) is 1. The number of carbonyl (C=O) groups excluding carboxylic acids is 2. The van der Waals surface area contributed by atoms with Crippen molar-refractivity contribution in [2.75, 3.05) is 5.32 Å². The molecule has 0 spiro atoms. The molecule has 3 aromatic heterocycles. The molecular formula is C22H19F2N5O2S. The van der Waals surface area contributed by atoms with E-state index in [1.54, 1.807) is 25.5 Å². The Morgan fingerprint density at radius 2 is 1.84 bits per heavy atom. The van der Waals surface area contributed by atoms with Gasteiger partial charge in [-0.05, 0) is 44.5 Å². The molecule has 1 aromatic carbocycles. The number of alkyl halides is 2. The number of hydrogen-bond acceptors (Lipinski definition) is 5. The van der Waals surface area contributed by atoms with Gasteiger partial charge in [-0.25, -0.2) is 18.4 Å². The number of aryl methyl sites for hydroxylation is 2. The molecule has 0 saturated carbocycles. The van der Waals surface area contributed by atoms with Crippen LogP contribution < -0.4 is 11.1 Å². The second kappa shape index (κ2) is 8.12. The average Bonchev–Trinajstić information content (AvgIpc) is 3.26. The van der Waals surface area contributed by atoms with Crippen molar-refractivity contribution in [2.45, 2.75) is 27.2 Å². The summed E-state index contributed by atoms with van der Waals surface area (Å²) in [5, 5.41) is 7.64. The van der Waals surface area contributed by atoms with Gasteiger partial charge in [0, 0.05) is 5.39 Å². The van der Waals surface area contributed by atoms with Crippen LogP contribution in [0.3, 0.4) is 0 Å². The van der Waals surface area contributed by atoms with E-state index >= 15 is 0 Å². The second-order valence-corrected chi connectivity index (χ2v) is 8.26. The maximum absolute atomic E-state index is 13.3. The van der Waals surface area contributed by atoms with E-state index < -0.39 is 23.9 Å². The monoisotopic (exact) mass is 455 g/mol. The van der Waals surface area contributed by atoms with Gasteiger partial charge in [-0.15, -0.1) is 11.3 Å². The zero-order valence-electron chi connectivity index (χ0n) is 17.4. The highest BCUT2D eigenvalue weighted by molar-refractivity contribution is 7.21.